The Kier molecular flexibility index (Phi) is 7.33. The molecule has 1 nitrogen and oxygen atoms in total. The molecule has 0 N–H and O–H groups in total. The van der Waals surface area contributed by atoms with Gasteiger partial charge in [-0.1, -0.05) is 37.6 Å². The number of unbranched alkanes of at least 4 members (excludes halogenated alkanes) is 1. The van der Waals surface area contributed by atoms with Gasteiger partial charge in [-0.15, -0.1) is 0 Å². The van der Waals surface area contributed by atoms with Crippen molar-refractivity contribution in [2.75, 3.05) is 0 Å². The van der Waals surface area contributed by atoms with Crippen LogP contribution in [-0.4, -0.2) is 0 Å². The van der Waals surface area contributed by atoms with E-state index in [9.17, 15) is 4.39 Å². The fourth-order valence-electron chi connectivity index (χ4n) is 3.61. The summed E-state index contributed by atoms with van der Waals surface area (Å²) in [5.41, 5.74) is 2.94. The highest BCUT2D eigenvalue weighted by Crippen LogP contribution is 2.37. The molecule has 0 atom stereocenters. The maximum Gasteiger partial charge on any atom is 0.196 e. The molecule has 124 valence electrons. The van der Waals surface area contributed by atoms with E-state index in [1.807, 2.05) is 0 Å². The Morgan fingerprint density at radius 2 is 1.91 bits per heavy atom. The SMILES string of the molecule is CCCCc1ccc(C2CCC(CC/C=C(\F)C#N)CC2)cc1. The highest BCUT2D eigenvalue weighted by Gasteiger charge is 2.21. The van der Waals surface area contributed by atoms with E-state index in [0.717, 1.165) is 6.42 Å². The average Bonchev–Trinajstić information content (AvgIpc) is 2.61. The monoisotopic (exact) mass is 313 g/mol. The molecule has 2 rings (SSSR count). The Hall–Kier alpha value is -1.62. The first kappa shape index (κ1) is 17.7. The van der Waals surface area contributed by atoms with Crippen LogP contribution in [0.15, 0.2) is 36.2 Å². The van der Waals surface area contributed by atoms with Gasteiger partial charge in [-0.2, -0.15) is 9.65 Å². The summed E-state index contributed by atoms with van der Waals surface area (Å²) in [5.74, 6) is 0.748. The van der Waals surface area contributed by atoms with Crippen LogP contribution >= 0.6 is 0 Å². The molecule has 0 amide bonds. The molecule has 0 saturated heterocycles. The molecule has 1 aliphatic carbocycles. The lowest BCUT2D eigenvalue weighted by molar-refractivity contribution is 0.311. The van der Waals surface area contributed by atoms with Gasteiger partial charge >= 0.3 is 0 Å². The average molecular weight is 313 g/mol. The van der Waals surface area contributed by atoms with E-state index in [-0.39, 0.29) is 0 Å². The number of aryl methyl sites for hydroxylation is 1. The van der Waals surface area contributed by atoms with Crippen LogP contribution in [0.5, 0.6) is 0 Å². The zero-order valence-corrected chi connectivity index (χ0v) is 14.2. The van der Waals surface area contributed by atoms with Crippen molar-refractivity contribution in [3.05, 3.63) is 47.3 Å². The number of hydrogen-bond acceptors (Lipinski definition) is 1. The molecule has 0 aromatic heterocycles. The van der Waals surface area contributed by atoms with Gasteiger partial charge in [0.15, 0.2) is 5.83 Å². The first-order valence-corrected chi connectivity index (χ1v) is 9.07. The van der Waals surface area contributed by atoms with Crippen molar-refractivity contribution in [1.82, 2.24) is 0 Å². The highest BCUT2D eigenvalue weighted by atomic mass is 19.1. The third-order valence-electron chi connectivity index (χ3n) is 5.12. The van der Waals surface area contributed by atoms with E-state index in [4.69, 9.17) is 5.26 Å². The molecule has 1 fully saturated rings. The minimum absolute atomic E-state index is 0.637. The van der Waals surface area contributed by atoms with Crippen LogP contribution < -0.4 is 0 Å². The second-order valence-corrected chi connectivity index (χ2v) is 6.80. The first-order valence-electron chi connectivity index (χ1n) is 9.07. The summed E-state index contributed by atoms with van der Waals surface area (Å²) in [6, 6.07) is 10.8. The Labute approximate surface area is 140 Å². The van der Waals surface area contributed by atoms with Gasteiger partial charge in [0.1, 0.15) is 6.07 Å². The lowest BCUT2D eigenvalue weighted by Gasteiger charge is -2.28. The van der Waals surface area contributed by atoms with Crippen LogP contribution in [-0.2, 0) is 6.42 Å². The number of hydrogen-bond donors (Lipinski definition) is 0. The van der Waals surface area contributed by atoms with Gasteiger partial charge < -0.3 is 0 Å². The second-order valence-electron chi connectivity index (χ2n) is 6.80. The third kappa shape index (κ3) is 5.82. The molecule has 1 aromatic rings. The van der Waals surface area contributed by atoms with E-state index in [1.54, 1.807) is 6.07 Å². The molecule has 0 unspecified atom stereocenters. The van der Waals surface area contributed by atoms with Gasteiger partial charge in [0.25, 0.3) is 0 Å². The molecule has 0 spiro atoms. The number of halogens is 1. The van der Waals surface area contributed by atoms with Gasteiger partial charge in [-0.25, -0.2) is 0 Å². The molecule has 0 aliphatic heterocycles. The summed E-state index contributed by atoms with van der Waals surface area (Å²) in [4.78, 5) is 0. The number of rotatable bonds is 7. The molecular formula is C21H28FN. The molecule has 23 heavy (non-hydrogen) atoms. The standard InChI is InChI=1S/C21H28FN/c1-2-3-5-17-8-12-19(13-9-17)20-14-10-18(11-15-20)6-4-7-21(22)16-23/h7-9,12-13,18,20H,2-6,10-11,14-15H2,1H3/b21-7-. The largest absolute Gasteiger partial charge is 0.196 e. The molecule has 1 saturated carbocycles. The van der Waals surface area contributed by atoms with Gasteiger partial charge in [-0.05, 0) is 80.4 Å². The molecule has 0 heterocycles. The zero-order valence-electron chi connectivity index (χ0n) is 14.2. The molecule has 2 heteroatoms. The molecular weight excluding hydrogens is 285 g/mol. The van der Waals surface area contributed by atoms with Gasteiger partial charge in [-0.3, -0.25) is 0 Å². The van der Waals surface area contributed by atoms with Crippen molar-refractivity contribution in [2.24, 2.45) is 5.92 Å². The predicted molar refractivity (Wildman–Crippen MR) is 93.8 cm³/mol. The van der Waals surface area contributed by atoms with E-state index >= 15 is 0 Å². The predicted octanol–water partition coefficient (Wildman–Crippen LogP) is 6.46. The number of benzene rings is 1. The fourth-order valence-corrected chi connectivity index (χ4v) is 3.61. The third-order valence-corrected chi connectivity index (χ3v) is 5.12. The van der Waals surface area contributed by atoms with Crippen LogP contribution in [0.25, 0.3) is 0 Å². The summed E-state index contributed by atoms with van der Waals surface area (Å²) in [6.07, 6.45) is 11.8. The maximum absolute atomic E-state index is 12.8. The molecule has 1 aromatic carbocycles. The van der Waals surface area contributed by atoms with Crippen LogP contribution in [0, 0.1) is 17.2 Å². The molecule has 1 aliphatic rings. The summed E-state index contributed by atoms with van der Waals surface area (Å²) in [6.45, 7) is 2.23. The smallest absolute Gasteiger partial charge is 0.195 e. The minimum Gasteiger partial charge on any atom is -0.195 e. The van der Waals surface area contributed by atoms with Crippen LogP contribution in [0.2, 0.25) is 0 Å². The molecule has 0 bridgehead atoms. The van der Waals surface area contributed by atoms with Crippen LogP contribution in [0.1, 0.15) is 75.3 Å². The maximum atomic E-state index is 12.8. The van der Waals surface area contributed by atoms with Gasteiger partial charge in [0, 0.05) is 0 Å². The van der Waals surface area contributed by atoms with Crippen LogP contribution in [0.4, 0.5) is 4.39 Å². The second kappa shape index (κ2) is 9.50. The van der Waals surface area contributed by atoms with Gasteiger partial charge in [0.2, 0.25) is 0 Å². The lowest BCUT2D eigenvalue weighted by Crippen LogP contribution is -2.13. The zero-order chi connectivity index (χ0) is 16.5. The Morgan fingerprint density at radius 3 is 2.52 bits per heavy atom. The van der Waals surface area contributed by atoms with Crippen molar-refractivity contribution in [3.63, 3.8) is 0 Å². The van der Waals surface area contributed by atoms with Gasteiger partial charge in [0.05, 0.1) is 0 Å². The van der Waals surface area contributed by atoms with Crippen molar-refractivity contribution >= 4 is 0 Å². The van der Waals surface area contributed by atoms with E-state index in [0.29, 0.717) is 18.3 Å². The summed E-state index contributed by atoms with van der Waals surface area (Å²) >= 11 is 0. The van der Waals surface area contributed by atoms with Crippen LogP contribution in [0.3, 0.4) is 0 Å². The summed E-state index contributed by atoms with van der Waals surface area (Å²) in [5, 5.41) is 8.41. The number of allylic oxidation sites excluding steroid dienone is 2. The Balaban J connectivity index is 1.77. The summed E-state index contributed by atoms with van der Waals surface area (Å²) < 4.78 is 12.8. The lowest BCUT2D eigenvalue weighted by atomic mass is 9.77. The van der Waals surface area contributed by atoms with E-state index < -0.39 is 5.83 Å². The van der Waals surface area contributed by atoms with Crippen molar-refractivity contribution < 1.29 is 4.39 Å². The topological polar surface area (TPSA) is 23.8 Å². The number of nitriles is 1. The van der Waals surface area contributed by atoms with E-state index in [1.165, 1.54) is 62.1 Å². The van der Waals surface area contributed by atoms with Crippen molar-refractivity contribution in [3.8, 4) is 6.07 Å². The summed E-state index contributed by atoms with van der Waals surface area (Å²) in [7, 11) is 0. The highest BCUT2D eigenvalue weighted by molar-refractivity contribution is 5.26. The minimum atomic E-state index is -0.637. The number of nitrogens with zero attached hydrogens (tertiary/aromatic N) is 1. The molecule has 0 radical (unpaired) electrons. The quantitative estimate of drug-likeness (QED) is 0.530. The Morgan fingerprint density at radius 1 is 1.22 bits per heavy atom. The van der Waals surface area contributed by atoms with Crippen molar-refractivity contribution in [1.29, 1.82) is 5.26 Å². The fraction of sp³-hybridized carbons (Fsp3) is 0.571. The normalized spacial score (nSPS) is 21.9. The van der Waals surface area contributed by atoms with Crippen molar-refractivity contribution in [2.45, 2.75) is 70.6 Å². The van der Waals surface area contributed by atoms with E-state index in [2.05, 4.69) is 31.2 Å². The first-order chi connectivity index (χ1) is 11.2. The Bertz CT molecular complexity index is 530.